The van der Waals surface area contributed by atoms with Crippen LogP contribution in [0.3, 0.4) is 0 Å². The molecule has 2 aromatic rings. The number of anilines is 3. The van der Waals surface area contributed by atoms with Gasteiger partial charge >= 0.3 is 0 Å². The van der Waals surface area contributed by atoms with E-state index in [-0.39, 0.29) is 0 Å². The first-order valence-electron chi connectivity index (χ1n) is 8.57. The molecule has 0 atom stereocenters. The largest absolute Gasteiger partial charge is 0.378 e. The number of nitrogens with zero attached hydrogens (tertiary/aromatic N) is 6. The molecule has 25 heavy (non-hydrogen) atoms. The normalized spacial score (nSPS) is 18.5. The van der Waals surface area contributed by atoms with Gasteiger partial charge in [0.15, 0.2) is 5.82 Å². The first-order valence-corrected chi connectivity index (χ1v) is 8.95. The highest BCUT2D eigenvalue weighted by Crippen LogP contribution is 2.22. The van der Waals surface area contributed by atoms with E-state index in [0.717, 1.165) is 50.1 Å². The highest BCUT2D eigenvalue weighted by atomic mass is 35.5. The van der Waals surface area contributed by atoms with E-state index in [1.54, 1.807) is 6.20 Å². The number of aromatic nitrogens is 3. The molecule has 132 valence electrons. The fourth-order valence-corrected chi connectivity index (χ4v) is 3.39. The van der Waals surface area contributed by atoms with Crippen LogP contribution in [0.15, 0.2) is 30.5 Å². The summed E-state index contributed by atoms with van der Waals surface area (Å²) in [7, 11) is 0. The zero-order valence-corrected chi connectivity index (χ0v) is 14.8. The number of rotatable bonds is 3. The van der Waals surface area contributed by atoms with Crippen LogP contribution in [0.25, 0.3) is 0 Å². The monoisotopic (exact) mass is 360 g/mol. The summed E-state index contributed by atoms with van der Waals surface area (Å²) in [6.45, 7) is 6.70. The molecule has 1 aromatic carbocycles. The average molecular weight is 361 g/mol. The molecular formula is C17H21ClN6O. The minimum Gasteiger partial charge on any atom is -0.378 e. The van der Waals surface area contributed by atoms with Crippen molar-refractivity contribution in [1.82, 2.24) is 15.2 Å². The molecule has 2 aliphatic rings. The van der Waals surface area contributed by atoms with Crippen molar-refractivity contribution in [2.45, 2.75) is 0 Å². The molecule has 7 nitrogen and oxygen atoms in total. The third kappa shape index (κ3) is 3.77. The highest BCUT2D eigenvalue weighted by molar-refractivity contribution is 6.30. The summed E-state index contributed by atoms with van der Waals surface area (Å²) in [5.74, 6) is 1.58. The van der Waals surface area contributed by atoms with Crippen LogP contribution >= 0.6 is 11.6 Å². The lowest BCUT2D eigenvalue weighted by molar-refractivity contribution is 0.122. The predicted octanol–water partition coefficient (Wildman–Crippen LogP) is 1.69. The fraction of sp³-hybridized carbons (Fsp3) is 0.471. The molecule has 2 fully saturated rings. The lowest BCUT2D eigenvalue weighted by atomic mass is 10.2. The van der Waals surface area contributed by atoms with E-state index in [1.807, 2.05) is 18.2 Å². The number of morpholine rings is 1. The molecule has 8 heteroatoms. The van der Waals surface area contributed by atoms with Gasteiger partial charge in [0.2, 0.25) is 5.95 Å². The topological polar surface area (TPSA) is 57.6 Å². The van der Waals surface area contributed by atoms with E-state index in [4.69, 9.17) is 21.3 Å². The van der Waals surface area contributed by atoms with E-state index in [1.165, 1.54) is 5.69 Å². The molecule has 0 saturated carbocycles. The highest BCUT2D eigenvalue weighted by Gasteiger charge is 2.21. The van der Waals surface area contributed by atoms with E-state index >= 15 is 0 Å². The molecule has 0 aliphatic carbocycles. The molecule has 3 heterocycles. The number of halogens is 1. The third-order valence-corrected chi connectivity index (χ3v) is 4.84. The summed E-state index contributed by atoms with van der Waals surface area (Å²) in [5.41, 5.74) is 1.17. The molecule has 0 amide bonds. The number of ether oxygens (including phenoxy) is 1. The number of hydrogen-bond donors (Lipinski definition) is 0. The Labute approximate surface area is 152 Å². The predicted molar refractivity (Wildman–Crippen MR) is 98.7 cm³/mol. The standard InChI is InChI=1S/C17H21ClN6O/c18-14-2-1-3-15(12-14)22-4-6-23(7-5-22)16-13-19-21-17(20-16)24-8-10-25-11-9-24/h1-3,12-13H,4-11H2. The number of benzene rings is 1. The van der Waals surface area contributed by atoms with E-state index in [9.17, 15) is 0 Å². The molecule has 1 aromatic heterocycles. The molecule has 0 spiro atoms. The van der Waals surface area contributed by atoms with Crippen molar-refractivity contribution in [2.75, 3.05) is 67.2 Å². The van der Waals surface area contributed by atoms with E-state index in [2.05, 4.69) is 31.0 Å². The second-order valence-electron chi connectivity index (χ2n) is 6.17. The van der Waals surface area contributed by atoms with Crippen LogP contribution < -0.4 is 14.7 Å². The van der Waals surface area contributed by atoms with Crippen LogP contribution in [0.5, 0.6) is 0 Å². The fourth-order valence-electron chi connectivity index (χ4n) is 3.20. The maximum absolute atomic E-state index is 6.10. The summed E-state index contributed by atoms with van der Waals surface area (Å²) in [6, 6.07) is 8.01. The molecule has 4 rings (SSSR count). The maximum atomic E-state index is 6.10. The summed E-state index contributed by atoms with van der Waals surface area (Å²) in [5, 5.41) is 9.12. The minimum atomic E-state index is 0.693. The van der Waals surface area contributed by atoms with Crippen molar-refractivity contribution in [1.29, 1.82) is 0 Å². The van der Waals surface area contributed by atoms with Gasteiger partial charge in [0.1, 0.15) is 0 Å². The van der Waals surface area contributed by atoms with E-state index < -0.39 is 0 Å². The van der Waals surface area contributed by atoms with Crippen LogP contribution in [-0.2, 0) is 4.74 Å². The Morgan fingerprint density at radius 3 is 2.44 bits per heavy atom. The van der Waals surface area contributed by atoms with Crippen molar-refractivity contribution in [3.8, 4) is 0 Å². The van der Waals surface area contributed by atoms with Gasteiger partial charge in [-0.05, 0) is 18.2 Å². The van der Waals surface area contributed by atoms with Gasteiger partial charge in [0, 0.05) is 50.0 Å². The number of hydrogen-bond acceptors (Lipinski definition) is 7. The van der Waals surface area contributed by atoms with Crippen molar-refractivity contribution in [3.05, 3.63) is 35.5 Å². The first kappa shape index (κ1) is 16.4. The Morgan fingerprint density at radius 2 is 1.68 bits per heavy atom. The first-order chi connectivity index (χ1) is 12.3. The van der Waals surface area contributed by atoms with Crippen LogP contribution in [-0.4, -0.2) is 67.7 Å². The van der Waals surface area contributed by atoms with Gasteiger partial charge in [-0.3, -0.25) is 0 Å². The van der Waals surface area contributed by atoms with Gasteiger partial charge in [-0.2, -0.15) is 10.1 Å². The molecule has 2 aliphatic heterocycles. The van der Waals surface area contributed by atoms with Gasteiger partial charge in [-0.15, -0.1) is 5.10 Å². The second kappa shape index (κ2) is 7.41. The molecule has 2 saturated heterocycles. The van der Waals surface area contributed by atoms with Gasteiger partial charge in [-0.1, -0.05) is 17.7 Å². The summed E-state index contributed by atoms with van der Waals surface area (Å²) in [4.78, 5) is 11.5. The lowest BCUT2D eigenvalue weighted by Gasteiger charge is -2.37. The maximum Gasteiger partial charge on any atom is 0.247 e. The number of piperazine rings is 1. The van der Waals surface area contributed by atoms with Crippen molar-refractivity contribution in [3.63, 3.8) is 0 Å². The van der Waals surface area contributed by atoms with Gasteiger partial charge in [0.05, 0.1) is 19.4 Å². The zero-order valence-electron chi connectivity index (χ0n) is 14.0. The Bertz CT molecular complexity index is 716. The van der Waals surface area contributed by atoms with Crippen LogP contribution in [0.2, 0.25) is 5.02 Å². The van der Waals surface area contributed by atoms with Gasteiger partial charge in [-0.25, -0.2) is 0 Å². The smallest absolute Gasteiger partial charge is 0.247 e. The van der Waals surface area contributed by atoms with Crippen LogP contribution in [0.1, 0.15) is 0 Å². The zero-order chi connectivity index (χ0) is 17.1. The lowest BCUT2D eigenvalue weighted by Crippen LogP contribution is -2.47. The Kier molecular flexibility index (Phi) is 4.85. The molecule has 0 N–H and O–H groups in total. The van der Waals surface area contributed by atoms with Crippen molar-refractivity contribution >= 4 is 29.1 Å². The summed E-state index contributed by atoms with van der Waals surface area (Å²) >= 11 is 6.10. The van der Waals surface area contributed by atoms with Crippen LogP contribution in [0.4, 0.5) is 17.5 Å². The Morgan fingerprint density at radius 1 is 0.920 bits per heavy atom. The van der Waals surface area contributed by atoms with Crippen molar-refractivity contribution < 1.29 is 4.74 Å². The molecule has 0 unspecified atom stereocenters. The average Bonchev–Trinajstić information content (AvgIpc) is 2.69. The third-order valence-electron chi connectivity index (χ3n) is 4.61. The quantitative estimate of drug-likeness (QED) is 0.825. The second-order valence-corrected chi connectivity index (χ2v) is 6.60. The minimum absolute atomic E-state index is 0.693. The summed E-state index contributed by atoms with van der Waals surface area (Å²) < 4.78 is 5.39. The summed E-state index contributed by atoms with van der Waals surface area (Å²) in [6.07, 6.45) is 1.75. The Balaban J connectivity index is 1.42. The molecule has 0 bridgehead atoms. The van der Waals surface area contributed by atoms with Crippen molar-refractivity contribution in [2.24, 2.45) is 0 Å². The SMILES string of the molecule is Clc1cccc(N2CCN(c3cnnc(N4CCOCC4)n3)CC2)c1. The van der Waals surface area contributed by atoms with E-state index in [0.29, 0.717) is 19.2 Å². The van der Waals surface area contributed by atoms with Gasteiger partial charge in [0.25, 0.3) is 0 Å². The molecular weight excluding hydrogens is 340 g/mol. The van der Waals surface area contributed by atoms with Crippen LogP contribution in [0, 0.1) is 0 Å². The Hall–Kier alpha value is -2.12. The van der Waals surface area contributed by atoms with Gasteiger partial charge < -0.3 is 19.4 Å². The molecule has 0 radical (unpaired) electrons.